The Kier molecular flexibility index (Phi) is 5.78. The summed E-state index contributed by atoms with van der Waals surface area (Å²) in [6.45, 7) is 6.78. The quantitative estimate of drug-likeness (QED) is 0.816. The number of para-hydroxylation sites is 1. The number of rotatable bonds is 5. The molecule has 2 rings (SSSR count). The molecule has 0 radical (unpaired) electrons. The van der Waals surface area contributed by atoms with Gasteiger partial charge in [0.2, 0.25) is 0 Å². The van der Waals surface area contributed by atoms with Gasteiger partial charge < -0.3 is 15.4 Å². The van der Waals surface area contributed by atoms with Gasteiger partial charge in [0.05, 0.1) is 6.04 Å². The standard InChI is InChI=1S/C18H22N2OS/c1-13-9-10-16(11-14(13)2)20-18(22)19-15(3)12-21-17-7-5-4-6-8-17/h4-11,15H,12H2,1-3H3,(H2,19,20,22)/t15-/m1/s1. The van der Waals surface area contributed by atoms with Gasteiger partial charge in [0, 0.05) is 5.69 Å². The smallest absolute Gasteiger partial charge is 0.171 e. The van der Waals surface area contributed by atoms with E-state index in [0.29, 0.717) is 11.7 Å². The zero-order chi connectivity index (χ0) is 15.9. The first-order valence-corrected chi connectivity index (χ1v) is 7.78. The highest BCUT2D eigenvalue weighted by Crippen LogP contribution is 2.14. The maximum atomic E-state index is 5.70. The van der Waals surface area contributed by atoms with Crippen LogP contribution >= 0.6 is 12.2 Å². The Morgan fingerprint density at radius 2 is 1.82 bits per heavy atom. The molecule has 0 aliphatic heterocycles. The molecule has 0 aliphatic rings. The van der Waals surface area contributed by atoms with Crippen molar-refractivity contribution in [2.24, 2.45) is 0 Å². The van der Waals surface area contributed by atoms with Crippen molar-refractivity contribution >= 4 is 23.0 Å². The highest BCUT2D eigenvalue weighted by atomic mass is 32.1. The summed E-state index contributed by atoms with van der Waals surface area (Å²) in [5.41, 5.74) is 3.51. The Balaban J connectivity index is 1.79. The first kappa shape index (κ1) is 16.3. The van der Waals surface area contributed by atoms with Crippen LogP contribution in [0.2, 0.25) is 0 Å². The van der Waals surface area contributed by atoms with Crippen molar-refractivity contribution in [3.63, 3.8) is 0 Å². The maximum absolute atomic E-state index is 5.70. The molecule has 2 aromatic carbocycles. The minimum absolute atomic E-state index is 0.117. The summed E-state index contributed by atoms with van der Waals surface area (Å²) in [6, 6.07) is 16.1. The summed E-state index contributed by atoms with van der Waals surface area (Å²) >= 11 is 5.34. The topological polar surface area (TPSA) is 33.3 Å². The van der Waals surface area contributed by atoms with E-state index in [1.807, 2.05) is 43.3 Å². The second kappa shape index (κ2) is 7.80. The lowest BCUT2D eigenvalue weighted by Crippen LogP contribution is -2.39. The molecule has 0 aromatic heterocycles. The molecule has 22 heavy (non-hydrogen) atoms. The third-order valence-corrected chi connectivity index (χ3v) is 3.61. The number of hydrogen-bond donors (Lipinski definition) is 2. The summed E-state index contributed by atoms with van der Waals surface area (Å²) in [5, 5.41) is 7.04. The molecular weight excluding hydrogens is 292 g/mol. The average molecular weight is 314 g/mol. The van der Waals surface area contributed by atoms with Gasteiger partial charge in [-0.1, -0.05) is 24.3 Å². The zero-order valence-corrected chi connectivity index (χ0v) is 14.0. The van der Waals surface area contributed by atoms with Gasteiger partial charge in [-0.15, -0.1) is 0 Å². The minimum Gasteiger partial charge on any atom is -0.491 e. The van der Waals surface area contributed by atoms with E-state index in [1.165, 1.54) is 11.1 Å². The summed E-state index contributed by atoms with van der Waals surface area (Å²) < 4.78 is 5.70. The Morgan fingerprint density at radius 1 is 1.09 bits per heavy atom. The summed E-state index contributed by atoms with van der Waals surface area (Å²) in [5.74, 6) is 0.865. The normalized spacial score (nSPS) is 11.6. The lowest BCUT2D eigenvalue weighted by molar-refractivity contribution is 0.287. The minimum atomic E-state index is 0.117. The molecule has 0 unspecified atom stereocenters. The number of nitrogens with one attached hydrogen (secondary N) is 2. The predicted molar refractivity (Wildman–Crippen MR) is 96.7 cm³/mol. The van der Waals surface area contributed by atoms with E-state index in [0.717, 1.165) is 11.4 Å². The number of benzene rings is 2. The van der Waals surface area contributed by atoms with Crippen LogP contribution < -0.4 is 15.4 Å². The lowest BCUT2D eigenvalue weighted by atomic mass is 10.1. The number of anilines is 1. The molecule has 0 spiro atoms. The van der Waals surface area contributed by atoms with Gasteiger partial charge in [-0.25, -0.2) is 0 Å². The summed E-state index contributed by atoms with van der Waals surface area (Å²) in [6.07, 6.45) is 0. The highest BCUT2D eigenvalue weighted by Gasteiger charge is 2.06. The third-order valence-electron chi connectivity index (χ3n) is 3.39. The molecule has 0 saturated carbocycles. The van der Waals surface area contributed by atoms with Crippen LogP contribution in [0.1, 0.15) is 18.1 Å². The van der Waals surface area contributed by atoms with E-state index in [1.54, 1.807) is 0 Å². The van der Waals surface area contributed by atoms with Crippen molar-refractivity contribution in [3.05, 3.63) is 59.7 Å². The predicted octanol–water partition coefficient (Wildman–Crippen LogP) is 4.06. The second-order valence-corrected chi connectivity index (χ2v) is 5.83. The highest BCUT2D eigenvalue weighted by molar-refractivity contribution is 7.80. The fourth-order valence-corrected chi connectivity index (χ4v) is 2.31. The molecule has 0 amide bonds. The van der Waals surface area contributed by atoms with Crippen LogP contribution in [0.15, 0.2) is 48.5 Å². The summed E-state index contributed by atoms with van der Waals surface area (Å²) in [7, 11) is 0. The van der Waals surface area contributed by atoms with E-state index in [-0.39, 0.29) is 6.04 Å². The molecule has 1 atom stereocenters. The van der Waals surface area contributed by atoms with Crippen LogP contribution in [0.25, 0.3) is 0 Å². The van der Waals surface area contributed by atoms with Crippen molar-refractivity contribution in [1.29, 1.82) is 0 Å². The SMILES string of the molecule is Cc1ccc(NC(=S)N[C@H](C)COc2ccccc2)cc1C. The first-order chi connectivity index (χ1) is 10.5. The summed E-state index contributed by atoms with van der Waals surface area (Å²) in [4.78, 5) is 0. The molecule has 4 heteroatoms. The number of ether oxygens (including phenoxy) is 1. The van der Waals surface area contributed by atoms with Crippen molar-refractivity contribution < 1.29 is 4.74 Å². The van der Waals surface area contributed by atoms with Crippen molar-refractivity contribution in [3.8, 4) is 5.75 Å². The fourth-order valence-electron chi connectivity index (χ4n) is 1.99. The average Bonchev–Trinajstić information content (AvgIpc) is 2.50. The van der Waals surface area contributed by atoms with Crippen LogP contribution in [-0.4, -0.2) is 17.8 Å². The Morgan fingerprint density at radius 3 is 2.50 bits per heavy atom. The van der Waals surface area contributed by atoms with Gasteiger partial charge >= 0.3 is 0 Å². The number of thiocarbonyl (C=S) groups is 1. The van der Waals surface area contributed by atoms with E-state index >= 15 is 0 Å². The molecule has 0 saturated heterocycles. The van der Waals surface area contributed by atoms with Gasteiger partial charge in [-0.05, 0) is 68.4 Å². The molecule has 116 valence electrons. The molecule has 0 aliphatic carbocycles. The molecule has 0 heterocycles. The van der Waals surface area contributed by atoms with Crippen LogP contribution in [0.5, 0.6) is 5.75 Å². The molecule has 2 aromatic rings. The van der Waals surface area contributed by atoms with Gasteiger partial charge in [0.1, 0.15) is 12.4 Å². The first-order valence-electron chi connectivity index (χ1n) is 7.37. The van der Waals surface area contributed by atoms with E-state index < -0.39 is 0 Å². The van der Waals surface area contributed by atoms with Crippen molar-refractivity contribution in [2.75, 3.05) is 11.9 Å². The molecule has 0 fully saturated rings. The van der Waals surface area contributed by atoms with Crippen LogP contribution in [-0.2, 0) is 0 Å². The third kappa shape index (κ3) is 5.04. The Bertz CT molecular complexity index is 628. The number of hydrogen-bond acceptors (Lipinski definition) is 2. The molecular formula is C18H22N2OS. The second-order valence-electron chi connectivity index (χ2n) is 5.42. The van der Waals surface area contributed by atoms with Gasteiger partial charge in [-0.2, -0.15) is 0 Å². The largest absolute Gasteiger partial charge is 0.491 e. The molecule has 2 N–H and O–H groups in total. The van der Waals surface area contributed by atoms with E-state index in [4.69, 9.17) is 17.0 Å². The van der Waals surface area contributed by atoms with Crippen LogP contribution in [0.3, 0.4) is 0 Å². The fraction of sp³-hybridized carbons (Fsp3) is 0.278. The van der Waals surface area contributed by atoms with Crippen LogP contribution in [0.4, 0.5) is 5.69 Å². The Labute approximate surface area is 137 Å². The van der Waals surface area contributed by atoms with Gasteiger partial charge in [0.15, 0.2) is 5.11 Å². The van der Waals surface area contributed by atoms with E-state index in [2.05, 4.69) is 36.6 Å². The van der Waals surface area contributed by atoms with Gasteiger partial charge in [-0.3, -0.25) is 0 Å². The van der Waals surface area contributed by atoms with Crippen molar-refractivity contribution in [2.45, 2.75) is 26.8 Å². The Hall–Kier alpha value is -2.07. The monoisotopic (exact) mass is 314 g/mol. The zero-order valence-electron chi connectivity index (χ0n) is 13.2. The lowest BCUT2D eigenvalue weighted by Gasteiger charge is -2.18. The van der Waals surface area contributed by atoms with Crippen LogP contribution in [0, 0.1) is 13.8 Å². The van der Waals surface area contributed by atoms with Gasteiger partial charge in [0.25, 0.3) is 0 Å². The number of aryl methyl sites for hydroxylation is 2. The van der Waals surface area contributed by atoms with Crippen molar-refractivity contribution in [1.82, 2.24) is 5.32 Å². The van der Waals surface area contributed by atoms with E-state index in [9.17, 15) is 0 Å². The molecule has 0 bridgehead atoms. The maximum Gasteiger partial charge on any atom is 0.171 e. The molecule has 3 nitrogen and oxygen atoms in total.